The SMILES string of the molecule is O=C(O)N1CCN(Cc2ccc(OC(F)F)cc2)C[C@H]1COC(F)F. The zero-order chi connectivity index (χ0) is 18.4. The topological polar surface area (TPSA) is 62.2 Å². The van der Waals surface area contributed by atoms with Gasteiger partial charge in [-0.1, -0.05) is 12.1 Å². The molecule has 0 bridgehead atoms. The van der Waals surface area contributed by atoms with E-state index in [-0.39, 0.29) is 18.8 Å². The molecule has 0 aromatic heterocycles. The van der Waals surface area contributed by atoms with Crippen molar-refractivity contribution in [3.8, 4) is 5.75 Å². The molecule has 140 valence electrons. The first-order valence-corrected chi connectivity index (χ1v) is 7.50. The molecular formula is C15H18F4N2O4. The highest BCUT2D eigenvalue weighted by Gasteiger charge is 2.31. The number of carbonyl (C=O) groups is 1. The lowest BCUT2D eigenvalue weighted by Gasteiger charge is -2.39. The predicted octanol–water partition coefficient (Wildman–Crippen LogP) is 2.69. The highest BCUT2D eigenvalue weighted by atomic mass is 19.3. The Kier molecular flexibility index (Phi) is 6.82. The second-order valence-corrected chi connectivity index (χ2v) is 5.48. The van der Waals surface area contributed by atoms with Crippen molar-refractivity contribution in [3.05, 3.63) is 29.8 Å². The van der Waals surface area contributed by atoms with Crippen LogP contribution in [0.15, 0.2) is 24.3 Å². The highest BCUT2D eigenvalue weighted by Crippen LogP contribution is 2.18. The van der Waals surface area contributed by atoms with Crippen molar-refractivity contribution in [2.24, 2.45) is 0 Å². The number of ether oxygens (including phenoxy) is 2. The van der Waals surface area contributed by atoms with E-state index in [1.54, 1.807) is 12.1 Å². The van der Waals surface area contributed by atoms with Crippen molar-refractivity contribution in [1.82, 2.24) is 9.80 Å². The molecule has 1 fully saturated rings. The average Bonchev–Trinajstić information content (AvgIpc) is 2.54. The van der Waals surface area contributed by atoms with E-state index in [0.29, 0.717) is 13.1 Å². The lowest BCUT2D eigenvalue weighted by molar-refractivity contribution is -0.144. The fourth-order valence-corrected chi connectivity index (χ4v) is 2.68. The Morgan fingerprint density at radius 2 is 1.84 bits per heavy atom. The smallest absolute Gasteiger partial charge is 0.407 e. The fraction of sp³-hybridized carbons (Fsp3) is 0.533. The predicted molar refractivity (Wildman–Crippen MR) is 78.8 cm³/mol. The largest absolute Gasteiger partial charge is 0.465 e. The zero-order valence-corrected chi connectivity index (χ0v) is 13.2. The summed E-state index contributed by atoms with van der Waals surface area (Å²) < 4.78 is 57.2. The molecule has 1 heterocycles. The van der Waals surface area contributed by atoms with Gasteiger partial charge in [0.1, 0.15) is 5.75 Å². The summed E-state index contributed by atoms with van der Waals surface area (Å²) in [7, 11) is 0. The minimum atomic E-state index is -2.96. The van der Waals surface area contributed by atoms with E-state index in [0.717, 1.165) is 10.5 Å². The van der Waals surface area contributed by atoms with E-state index < -0.39 is 32.0 Å². The Labute approximate surface area is 141 Å². The quantitative estimate of drug-likeness (QED) is 0.752. The monoisotopic (exact) mass is 366 g/mol. The second-order valence-electron chi connectivity index (χ2n) is 5.48. The van der Waals surface area contributed by atoms with Crippen molar-refractivity contribution >= 4 is 6.09 Å². The number of nitrogens with zero attached hydrogens (tertiary/aromatic N) is 2. The lowest BCUT2D eigenvalue weighted by atomic mass is 10.1. The summed E-state index contributed by atoms with van der Waals surface area (Å²) in [5, 5.41) is 9.14. The maximum absolute atomic E-state index is 12.2. The molecule has 0 spiro atoms. The van der Waals surface area contributed by atoms with Crippen LogP contribution in [0, 0.1) is 0 Å². The Balaban J connectivity index is 1.94. The van der Waals surface area contributed by atoms with Gasteiger partial charge in [0.15, 0.2) is 0 Å². The van der Waals surface area contributed by atoms with E-state index in [4.69, 9.17) is 5.11 Å². The van der Waals surface area contributed by atoms with Gasteiger partial charge in [-0.15, -0.1) is 0 Å². The molecule has 1 N–H and O–H groups in total. The third-order valence-electron chi connectivity index (χ3n) is 3.78. The van der Waals surface area contributed by atoms with Crippen molar-refractivity contribution in [2.45, 2.75) is 25.8 Å². The van der Waals surface area contributed by atoms with Crippen molar-refractivity contribution in [3.63, 3.8) is 0 Å². The number of hydrogen-bond acceptors (Lipinski definition) is 4. The molecule has 1 aliphatic rings. The molecule has 1 atom stereocenters. The second kappa shape index (κ2) is 8.86. The molecule has 2 rings (SSSR count). The molecule has 1 amide bonds. The first-order chi connectivity index (χ1) is 11.8. The van der Waals surface area contributed by atoms with Crippen LogP contribution in [-0.2, 0) is 11.3 Å². The van der Waals surface area contributed by atoms with Gasteiger partial charge in [0, 0.05) is 26.2 Å². The van der Waals surface area contributed by atoms with Crippen molar-refractivity contribution in [2.75, 3.05) is 26.2 Å². The summed E-state index contributed by atoms with van der Waals surface area (Å²) >= 11 is 0. The summed E-state index contributed by atoms with van der Waals surface area (Å²) in [4.78, 5) is 14.2. The van der Waals surface area contributed by atoms with Crippen molar-refractivity contribution < 1.29 is 36.9 Å². The standard InChI is InChI=1S/C15H18F4N2O4/c16-13(17)24-9-11-8-20(5-6-21(11)15(22)23)7-10-1-3-12(4-2-10)25-14(18)19/h1-4,11,13-14H,5-9H2,(H,22,23)/t11-/m0/s1. The minimum Gasteiger partial charge on any atom is -0.465 e. The summed E-state index contributed by atoms with van der Waals surface area (Å²) in [6, 6.07) is 5.35. The van der Waals surface area contributed by atoms with Crippen LogP contribution in [0.5, 0.6) is 5.75 Å². The molecule has 0 aliphatic carbocycles. The maximum atomic E-state index is 12.2. The molecule has 25 heavy (non-hydrogen) atoms. The summed E-state index contributed by atoms with van der Waals surface area (Å²) in [5.74, 6) is 0.0395. The van der Waals surface area contributed by atoms with Gasteiger partial charge >= 0.3 is 19.3 Å². The Hall–Kier alpha value is -2.07. The van der Waals surface area contributed by atoms with Crippen LogP contribution in [0.3, 0.4) is 0 Å². The van der Waals surface area contributed by atoms with E-state index in [9.17, 15) is 22.4 Å². The molecule has 1 aromatic carbocycles. The molecule has 0 unspecified atom stereocenters. The van der Waals surface area contributed by atoms with Gasteiger partial charge in [-0.3, -0.25) is 4.90 Å². The Morgan fingerprint density at radius 1 is 1.16 bits per heavy atom. The molecule has 0 radical (unpaired) electrons. The maximum Gasteiger partial charge on any atom is 0.407 e. The number of amides is 1. The summed E-state index contributed by atoms with van der Waals surface area (Å²) in [5.41, 5.74) is 0.805. The number of piperazine rings is 1. The van der Waals surface area contributed by atoms with Crippen LogP contribution in [0.4, 0.5) is 22.4 Å². The Bertz CT molecular complexity index is 559. The van der Waals surface area contributed by atoms with Crippen LogP contribution in [0.1, 0.15) is 5.56 Å². The molecule has 1 aromatic rings. The van der Waals surface area contributed by atoms with Gasteiger partial charge in [0.05, 0.1) is 12.6 Å². The van der Waals surface area contributed by atoms with Crippen LogP contribution >= 0.6 is 0 Å². The summed E-state index contributed by atoms with van der Waals surface area (Å²) in [6.07, 6.45) is -1.18. The molecule has 10 heteroatoms. The number of rotatable bonds is 7. The van der Waals surface area contributed by atoms with Crippen molar-refractivity contribution in [1.29, 1.82) is 0 Å². The fourth-order valence-electron chi connectivity index (χ4n) is 2.68. The third kappa shape index (κ3) is 6.05. The number of benzene rings is 1. The Morgan fingerprint density at radius 3 is 2.40 bits per heavy atom. The van der Waals surface area contributed by atoms with Crippen LogP contribution in [0.2, 0.25) is 0 Å². The molecule has 1 aliphatic heterocycles. The zero-order valence-electron chi connectivity index (χ0n) is 13.2. The number of alkyl halides is 4. The van der Waals surface area contributed by atoms with Gasteiger partial charge < -0.3 is 19.5 Å². The van der Waals surface area contributed by atoms with Gasteiger partial charge in [-0.25, -0.2) is 4.79 Å². The van der Waals surface area contributed by atoms with Crippen LogP contribution in [-0.4, -0.2) is 66.5 Å². The normalized spacial score (nSPS) is 18.8. The van der Waals surface area contributed by atoms with Gasteiger partial charge in [0.2, 0.25) is 0 Å². The number of carboxylic acid groups (broad SMARTS) is 1. The van der Waals surface area contributed by atoms with Crippen LogP contribution in [0.25, 0.3) is 0 Å². The molecule has 0 saturated carbocycles. The van der Waals surface area contributed by atoms with E-state index in [2.05, 4.69) is 9.47 Å². The molecule has 6 nitrogen and oxygen atoms in total. The third-order valence-corrected chi connectivity index (χ3v) is 3.78. The number of hydrogen-bond donors (Lipinski definition) is 1. The van der Waals surface area contributed by atoms with E-state index in [1.807, 2.05) is 4.90 Å². The van der Waals surface area contributed by atoms with Gasteiger partial charge in [0.25, 0.3) is 0 Å². The van der Waals surface area contributed by atoms with Gasteiger partial charge in [-0.2, -0.15) is 17.6 Å². The van der Waals surface area contributed by atoms with E-state index >= 15 is 0 Å². The minimum absolute atomic E-state index is 0.0395. The average molecular weight is 366 g/mol. The molecular weight excluding hydrogens is 348 g/mol. The molecule has 1 saturated heterocycles. The highest BCUT2D eigenvalue weighted by molar-refractivity contribution is 5.65. The van der Waals surface area contributed by atoms with Gasteiger partial charge in [-0.05, 0) is 17.7 Å². The number of halogens is 4. The van der Waals surface area contributed by atoms with E-state index in [1.165, 1.54) is 12.1 Å². The first-order valence-electron chi connectivity index (χ1n) is 7.50. The summed E-state index contributed by atoms with van der Waals surface area (Å²) in [6.45, 7) is -5.02. The lowest BCUT2D eigenvalue weighted by Crippen LogP contribution is -2.56. The van der Waals surface area contributed by atoms with Crippen LogP contribution < -0.4 is 4.74 Å². The first kappa shape index (κ1) is 19.3.